The van der Waals surface area contributed by atoms with Crippen LogP contribution in [0.2, 0.25) is 0 Å². The summed E-state index contributed by atoms with van der Waals surface area (Å²) in [5, 5.41) is 20.6. The molecule has 0 atom stereocenters. The summed E-state index contributed by atoms with van der Waals surface area (Å²) < 4.78 is 0. The molecule has 0 aromatic heterocycles. The maximum Gasteiger partial charge on any atom is 2.00 e. The van der Waals surface area contributed by atoms with E-state index in [0.29, 0.717) is 11.5 Å². The standard InChI is InChI=1S/2C17H19NO.2ClH.Ti/c2*1-17(2,3)15-11-7-8-13(16(15)19)12-18-14-9-5-4-6-10-14;;;/h2*4-12,19H,1-3H3;2*1H;/q;;;;+2/p-2. The van der Waals surface area contributed by atoms with Crippen LogP contribution in [0.15, 0.2) is 107 Å². The van der Waals surface area contributed by atoms with Gasteiger partial charge in [-0.1, -0.05) is 102 Å². The SMILES string of the molecule is CC(C)(C)c1cccc(C=Nc2ccccc2)c1O.CC(C)(C)c1cccc(C=Nc2ccccc2)c1O.[Cl-].[Cl-].[Ti+2]. The third kappa shape index (κ3) is 11.5. The van der Waals surface area contributed by atoms with Gasteiger partial charge < -0.3 is 35.0 Å². The number of aliphatic imine (C=N–C) groups is 2. The third-order valence-corrected chi connectivity index (χ3v) is 5.97. The van der Waals surface area contributed by atoms with E-state index in [4.69, 9.17) is 0 Å². The van der Waals surface area contributed by atoms with Gasteiger partial charge in [0.1, 0.15) is 11.5 Å². The number of rotatable bonds is 4. The molecule has 0 aliphatic rings. The number of para-hydroxylation sites is 4. The molecule has 0 unspecified atom stereocenters. The molecular formula is C34H38Cl2N2O2Ti. The van der Waals surface area contributed by atoms with E-state index >= 15 is 0 Å². The smallest absolute Gasteiger partial charge is 1.00 e. The van der Waals surface area contributed by atoms with Gasteiger partial charge in [0.25, 0.3) is 0 Å². The van der Waals surface area contributed by atoms with E-state index in [1.807, 2.05) is 97.1 Å². The first-order chi connectivity index (χ1) is 18.0. The Bertz CT molecular complexity index is 1290. The molecule has 0 bridgehead atoms. The van der Waals surface area contributed by atoms with Gasteiger partial charge in [0, 0.05) is 23.6 Å². The largest absolute Gasteiger partial charge is 2.00 e. The summed E-state index contributed by atoms with van der Waals surface area (Å²) in [5.74, 6) is 0.629. The zero-order valence-corrected chi connectivity index (χ0v) is 27.5. The predicted molar refractivity (Wildman–Crippen MR) is 161 cm³/mol. The van der Waals surface area contributed by atoms with E-state index in [-0.39, 0.29) is 57.4 Å². The average Bonchev–Trinajstić information content (AvgIpc) is 2.88. The molecule has 0 heterocycles. The van der Waals surface area contributed by atoms with E-state index in [0.717, 1.165) is 33.6 Å². The van der Waals surface area contributed by atoms with Crippen molar-refractivity contribution >= 4 is 23.8 Å². The number of phenolic OH excluding ortho intramolecular Hbond substituents is 2. The molecule has 0 aliphatic heterocycles. The minimum atomic E-state index is -0.0827. The van der Waals surface area contributed by atoms with Gasteiger partial charge >= 0.3 is 21.7 Å². The molecule has 2 N–H and O–H groups in total. The quantitative estimate of drug-likeness (QED) is 0.271. The second-order valence-electron chi connectivity index (χ2n) is 11.2. The van der Waals surface area contributed by atoms with Crippen LogP contribution >= 0.6 is 0 Å². The van der Waals surface area contributed by atoms with E-state index in [9.17, 15) is 10.2 Å². The molecule has 4 aromatic rings. The van der Waals surface area contributed by atoms with Gasteiger partial charge in [0.05, 0.1) is 11.4 Å². The van der Waals surface area contributed by atoms with E-state index < -0.39 is 0 Å². The monoisotopic (exact) mass is 624 g/mol. The minimum Gasteiger partial charge on any atom is -1.00 e. The summed E-state index contributed by atoms with van der Waals surface area (Å²) in [6.07, 6.45) is 3.42. The Morgan fingerprint density at radius 1 is 0.488 bits per heavy atom. The molecule has 4 aromatic carbocycles. The second kappa shape index (κ2) is 17.2. The minimum absolute atomic E-state index is 0. The zero-order chi connectivity index (χ0) is 27.8. The molecule has 0 radical (unpaired) electrons. The molecule has 7 heteroatoms. The van der Waals surface area contributed by atoms with Crippen LogP contribution in [-0.2, 0) is 32.5 Å². The topological polar surface area (TPSA) is 65.2 Å². The van der Waals surface area contributed by atoms with Crippen LogP contribution in [0.5, 0.6) is 11.5 Å². The van der Waals surface area contributed by atoms with Crippen LogP contribution in [0.1, 0.15) is 63.8 Å². The maximum atomic E-state index is 10.3. The van der Waals surface area contributed by atoms with Crippen molar-refractivity contribution in [2.45, 2.75) is 52.4 Å². The summed E-state index contributed by atoms with van der Waals surface area (Å²) in [6.45, 7) is 12.5. The molecule has 0 fully saturated rings. The molecule has 0 amide bonds. The predicted octanol–water partition coefficient (Wildman–Crippen LogP) is 2.89. The number of halogens is 2. The van der Waals surface area contributed by atoms with Gasteiger partial charge in [-0.2, -0.15) is 0 Å². The normalized spacial score (nSPS) is 11.1. The molecular weight excluding hydrogens is 587 g/mol. The molecule has 0 saturated carbocycles. The Labute approximate surface area is 272 Å². The van der Waals surface area contributed by atoms with Gasteiger partial charge in [-0.15, -0.1) is 0 Å². The van der Waals surface area contributed by atoms with Crippen molar-refractivity contribution in [1.82, 2.24) is 0 Å². The van der Waals surface area contributed by atoms with Gasteiger partial charge in [-0.3, -0.25) is 9.98 Å². The molecule has 41 heavy (non-hydrogen) atoms. The van der Waals surface area contributed by atoms with Crippen molar-refractivity contribution in [3.8, 4) is 11.5 Å². The summed E-state index contributed by atoms with van der Waals surface area (Å²) in [7, 11) is 0. The first-order valence-corrected chi connectivity index (χ1v) is 12.8. The van der Waals surface area contributed by atoms with Gasteiger partial charge in [-0.25, -0.2) is 0 Å². The second-order valence-corrected chi connectivity index (χ2v) is 11.2. The van der Waals surface area contributed by atoms with Crippen molar-refractivity contribution < 1.29 is 56.7 Å². The van der Waals surface area contributed by atoms with Crippen LogP contribution in [0.4, 0.5) is 11.4 Å². The van der Waals surface area contributed by atoms with Crippen molar-refractivity contribution in [3.63, 3.8) is 0 Å². The average molecular weight is 625 g/mol. The van der Waals surface area contributed by atoms with E-state index in [2.05, 4.69) is 51.5 Å². The summed E-state index contributed by atoms with van der Waals surface area (Å²) in [6, 6.07) is 31.0. The van der Waals surface area contributed by atoms with Crippen LogP contribution < -0.4 is 24.8 Å². The number of nitrogens with zero attached hydrogens (tertiary/aromatic N) is 2. The number of hydrogen-bond donors (Lipinski definition) is 2. The van der Waals surface area contributed by atoms with Crippen molar-refractivity contribution in [2.75, 3.05) is 0 Å². The first-order valence-electron chi connectivity index (χ1n) is 12.8. The summed E-state index contributed by atoms with van der Waals surface area (Å²) in [4.78, 5) is 8.75. The van der Waals surface area contributed by atoms with Crippen LogP contribution in [0.25, 0.3) is 0 Å². The fourth-order valence-electron chi connectivity index (χ4n) is 3.86. The summed E-state index contributed by atoms with van der Waals surface area (Å²) >= 11 is 0. The Kier molecular flexibility index (Phi) is 16.0. The fraction of sp³-hybridized carbons (Fsp3) is 0.235. The van der Waals surface area contributed by atoms with Crippen LogP contribution in [-0.4, -0.2) is 22.6 Å². The van der Waals surface area contributed by atoms with E-state index in [1.54, 1.807) is 12.4 Å². The van der Waals surface area contributed by atoms with Gasteiger partial charge in [0.2, 0.25) is 0 Å². The van der Waals surface area contributed by atoms with Gasteiger partial charge in [0.15, 0.2) is 0 Å². The first kappa shape index (κ1) is 38.1. The fourth-order valence-corrected chi connectivity index (χ4v) is 3.86. The molecule has 4 rings (SSSR count). The number of benzene rings is 4. The molecule has 214 valence electrons. The van der Waals surface area contributed by atoms with Crippen molar-refractivity contribution in [2.24, 2.45) is 9.98 Å². The van der Waals surface area contributed by atoms with Crippen LogP contribution in [0, 0.1) is 0 Å². The van der Waals surface area contributed by atoms with Gasteiger partial charge in [-0.05, 0) is 58.4 Å². The maximum absolute atomic E-state index is 10.3. The van der Waals surface area contributed by atoms with Crippen LogP contribution in [0.3, 0.4) is 0 Å². The molecule has 4 nitrogen and oxygen atoms in total. The Morgan fingerprint density at radius 3 is 1.10 bits per heavy atom. The molecule has 0 spiro atoms. The Balaban J connectivity index is 0.000000727. The number of aromatic hydroxyl groups is 2. The Hall–Kier alpha value is -2.89. The number of hydrogen-bond acceptors (Lipinski definition) is 4. The molecule has 0 saturated heterocycles. The van der Waals surface area contributed by atoms with E-state index in [1.165, 1.54) is 0 Å². The molecule has 0 aliphatic carbocycles. The third-order valence-electron chi connectivity index (χ3n) is 5.97. The zero-order valence-electron chi connectivity index (χ0n) is 24.4. The summed E-state index contributed by atoms with van der Waals surface area (Å²) in [5.41, 5.74) is 4.95. The van der Waals surface area contributed by atoms with Crippen molar-refractivity contribution in [1.29, 1.82) is 0 Å². The Morgan fingerprint density at radius 2 is 0.805 bits per heavy atom. The number of phenols is 2. The van der Waals surface area contributed by atoms with Crippen molar-refractivity contribution in [3.05, 3.63) is 119 Å².